The second kappa shape index (κ2) is 22.9. The normalized spacial score (nSPS) is 11.0. The van der Waals surface area contributed by atoms with Crippen molar-refractivity contribution in [2.75, 3.05) is 39.7 Å². The molecule has 364 valence electrons. The molecule has 10 aromatic heterocycles. The first-order valence-corrected chi connectivity index (χ1v) is 23.2. The lowest BCUT2D eigenvalue weighted by atomic mass is 10.0. The Labute approximate surface area is 435 Å². The highest BCUT2D eigenvalue weighted by Crippen LogP contribution is 2.32. The summed E-state index contributed by atoms with van der Waals surface area (Å²) in [4.78, 5) is 38.2. The monoisotopic (exact) mass is 1190 g/mol. The fraction of sp³-hybridized carbons (Fsp3) is 0.227. The van der Waals surface area contributed by atoms with Gasteiger partial charge in [-0.05, 0) is 138 Å². The van der Waals surface area contributed by atoms with Gasteiger partial charge in [0.2, 0.25) is 22.6 Å². The van der Waals surface area contributed by atoms with Crippen molar-refractivity contribution >= 4 is 125 Å². The fourth-order valence-electron chi connectivity index (χ4n) is 6.44. The zero-order valence-electron chi connectivity index (χ0n) is 39.5. The molecule has 26 nitrogen and oxygen atoms in total. The molecule has 10 heterocycles. The topological polar surface area (TPSA) is 364 Å². The van der Waals surface area contributed by atoms with Crippen molar-refractivity contribution in [1.82, 2.24) is 81.0 Å². The van der Waals surface area contributed by atoms with Crippen LogP contribution in [0.1, 0.15) is 56.7 Å². The van der Waals surface area contributed by atoms with E-state index in [1.54, 1.807) is 30.9 Å². The minimum Gasteiger partial charge on any atom is -0.396 e. The number of nitrogens with zero attached hydrogens (tertiary/aromatic N) is 20. The second-order valence-electron chi connectivity index (χ2n) is 15.7. The smallest absolute Gasteiger partial charge is 0.226 e. The molecular weight excluding hydrogens is 1150 g/mol. The lowest BCUT2D eigenvalue weighted by Crippen LogP contribution is -2.08. The molecule has 0 aliphatic heterocycles. The molecular formula is C44H40I2N22O4. The summed E-state index contributed by atoms with van der Waals surface area (Å²) in [5, 5.41) is 47.8. The van der Waals surface area contributed by atoms with E-state index in [2.05, 4.69) is 140 Å². The Morgan fingerprint density at radius 2 is 0.903 bits per heavy atom. The number of nitrogen functional groups attached to an aromatic ring is 2. The van der Waals surface area contributed by atoms with Crippen molar-refractivity contribution in [1.29, 1.82) is 10.5 Å². The van der Waals surface area contributed by atoms with Crippen molar-refractivity contribution in [2.45, 2.75) is 40.5 Å². The van der Waals surface area contributed by atoms with E-state index in [9.17, 15) is 0 Å². The molecule has 0 unspecified atom stereocenters. The van der Waals surface area contributed by atoms with Gasteiger partial charge in [-0.1, -0.05) is 12.1 Å². The number of hydrogen-bond acceptors (Lipinski definition) is 24. The number of pyridine rings is 6. The van der Waals surface area contributed by atoms with Crippen LogP contribution < -0.4 is 11.5 Å². The maximum absolute atomic E-state index is 9.01. The molecule has 0 aliphatic rings. The zero-order valence-corrected chi connectivity index (χ0v) is 43.8. The van der Waals surface area contributed by atoms with Crippen LogP contribution in [0.5, 0.6) is 0 Å². The van der Waals surface area contributed by atoms with Gasteiger partial charge in [-0.15, -0.1) is 0 Å². The summed E-state index contributed by atoms with van der Waals surface area (Å²) in [6.07, 6.45) is 4.36. The largest absolute Gasteiger partial charge is 0.396 e. The van der Waals surface area contributed by atoms with Crippen molar-refractivity contribution in [2.24, 2.45) is 9.98 Å². The molecule has 10 rings (SSSR count). The minimum absolute atomic E-state index is 0.371. The third-order valence-corrected chi connectivity index (χ3v) is 12.5. The Kier molecular flexibility index (Phi) is 16.3. The highest BCUT2D eigenvalue weighted by atomic mass is 127. The number of nitriles is 2. The number of anilines is 2. The van der Waals surface area contributed by atoms with Crippen LogP contribution in [0.2, 0.25) is 0 Å². The van der Waals surface area contributed by atoms with E-state index in [0.29, 0.717) is 85.9 Å². The van der Waals surface area contributed by atoms with E-state index in [4.69, 9.17) is 26.6 Å². The second-order valence-corrected chi connectivity index (χ2v) is 17.8. The summed E-state index contributed by atoms with van der Waals surface area (Å²) in [6, 6.07) is 14.7. The molecule has 0 spiro atoms. The van der Waals surface area contributed by atoms with Gasteiger partial charge in [0, 0.05) is 74.9 Å². The molecule has 4 N–H and O–H groups in total. The first-order valence-electron chi connectivity index (χ1n) is 21.0. The van der Waals surface area contributed by atoms with E-state index < -0.39 is 0 Å². The van der Waals surface area contributed by atoms with Crippen LogP contribution >= 0.6 is 45.2 Å². The van der Waals surface area contributed by atoms with Gasteiger partial charge in [0.25, 0.3) is 0 Å². The summed E-state index contributed by atoms with van der Waals surface area (Å²) in [7, 11) is 7.58. The standard InChI is InChI=1S/C16H15N7O.C13H10N6O.C9H10IN5O.C6H5IN4O/c1-10-13(7-11-5-4-6-12(8-17)20-11)14(18-9-23(2)3)15-16(19-10)22-24-21-15;1-7-10(5-8-3-2-4-9(6-14)17-8)11(15)12-13(16-7)19-20-18-12;1-5-6(10)7(11-4-15(2)3)8-9(12-5)14-16-13-8;1-2-3(7)4(8)5-6(9-2)11-12-10-5/h4-6,9H,7H2,1-3H3;2-4H,5,15H2,1H3;4H,1-3H3;8H2,1H3. The average molecular weight is 1190 g/mol. The van der Waals surface area contributed by atoms with Crippen LogP contribution in [0.3, 0.4) is 0 Å². The van der Waals surface area contributed by atoms with Gasteiger partial charge in [0.15, 0.2) is 22.1 Å². The lowest BCUT2D eigenvalue weighted by molar-refractivity contribution is 0.315. The predicted molar refractivity (Wildman–Crippen MR) is 279 cm³/mol. The third kappa shape index (κ3) is 11.9. The SMILES string of the molecule is Cc1nc2nonc2c(N)c1Cc1cccc(C#N)n1.Cc1nc2nonc2c(N)c1I.Cc1nc2nonc2c(N=CN(C)C)c1Cc1cccc(C#N)n1.Cc1nc2nonc2c(N=CN(C)C)c1I. The maximum atomic E-state index is 9.01. The first kappa shape index (κ1) is 51.3. The number of aliphatic imine (C=N–C) groups is 2. The number of aromatic nitrogens is 14. The molecule has 0 atom stereocenters. The lowest BCUT2D eigenvalue weighted by Gasteiger charge is -2.10. The van der Waals surface area contributed by atoms with E-state index in [1.165, 1.54) is 0 Å². The number of hydrogen-bond donors (Lipinski definition) is 2. The van der Waals surface area contributed by atoms with Crippen LogP contribution in [0.4, 0.5) is 22.7 Å². The molecule has 28 heteroatoms. The number of halogens is 2. The number of aryl methyl sites for hydroxylation is 4. The molecule has 0 radical (unpaired) electrons. The van der Waals surface area contributed by atoms with Crippen LogP contribution in [0.15, 0.2) is 64.9 Å². The molecule has 0 bridgehead atoms. The van der Waals surface area contributed by atoms with E-state index in [0.717, 1.165) is 58.1 Å². The van der Waals surface area contributed by atoms with E-state index in [-0.39, 0.29) is 0 Å². The van der Waals surface area contributed by atoms with Gasteiger partial charge in [-0.2, -0.15) is 10.5 Å². The molecule has 0 saturated heterocycles. The summed E-state index contributed by atoms with van der Waals surface area (Å²) in [6.45, 7) is 7.50. The molecule has 0 aromatic carbocycles. The quantitative estimate of drug-likeness (QED) is 0.0966. The Hall–Kier alpha value is -8.52. The van der Waals surface area contributed by atoms with Gasteiger partial charge >= 0.3 is 0 Å². The zero-order chi connectivity index (χ0) is 51.6. The van der Waals surface area contributed by atoms with Crippen LogP contribution in [0.25, 0.3) is 44.7 Å². The maximum Gasteiger partial charge on any atom is 0.226 e. The summed E-state index contributed by atoms with van der Waals surface area (Å²) >= 11 is 4.31. The van der Waals surface area contributed by atoms with Crippen LogP contribution in [-0.4, -0.2) is 122 Å². The molecule has 0 amide bonds. The third-order valence-electron chi connectivity index (χ3n) is 9.90. The van der Waals surface area contributed by atoms with Crippen LogP contribution in [-0.2, 0) is 12.8 Å². The number of nitrogens with two attached hydrogens (primary N) is 2. The molecule has 72 heavy (non-hydrogen) atoms. The van der Waals surface area contributed by atoms with Crippen molar-refractivity contribution in [3.8, 4) is 12.1 Å². The highest BCUT2D eigenvalue weighted by Gasteiger charge is 2.19. The molecule has 0 saturated carbocycles. The molecule has 0 aliphatic carbocycles. The van der Waals surface area contributed by atoms with Gasteiger partial charge in [0.1, 0.15) is 34.9 Å². The van der Waals surface area contributed by atoms with E-state index in [1.807, 2.05) is 96.0 Å². The van der Waals surface area contributed by atoms with Crippen LogP contribution in [0, 0.1) is 57.5 Å². The van der Waals surface area contributed by atoms with Gasteiger partial charge < -0.3 is 21.3 Å². The highest BCUT2D eigenvalue weighted by molar-refractivity contribution is 14.1. The minimum atomic E-state index is 0.371. The van der Waals surface area contributed by atoms with Crippen molar-refractivity contribution in [3.05, 3.63) is 100 Å². The number of fused-ring (bicyclic) bond motifs is 4. The first-order chi connectivity index (χ1) is 34.6. The van der Waals surface area contributed by atoms with Gasteiger partial charge in [0.05, 0.1) is 42.6 Å². The van der Waals surface area contributed by atoms with Gasteiger partial charge in [-0.25, -0.2) is 58.4 Å². The Balaban J connectivity index is 0.000000145. The Morgan fingerprint density at radius 3 is 1.39 bits per heavy atom. The molecule has 0 fully saturated rings. The van der Waals surface area contributed by atoms with E-state index >= 15 is 0 Å². The summed E-state index contributed by atoms with van der Waals surface area (Å²) in [5.41, 5.74) is 25.3. The number of rotatable bonds is 8. The summed E-state index contributed by atoms with van der Waals surface area (Å²) in [5.74, 6) is 0. The predicted octanol–water partition coefficient (Wildman–Crippen LogP) is 6.24. The van der Waals surface area contributed by atoms with Gasteiger partial charge in [-0.3, -0.25) is 0 Å². The Morgan fingerprint density at radius 1 is 0.514 bits per heavy atom. The average Bonchev–Trinajstić information content (AvgIpc) is 4.22. The summed E-state index contributed by atoms with van der Waals surface area (Å²) < 4.78 is 20.5. The van der Waals surface area contributed by atoms with Crippen molar-refractivity contribution < 1.29 is 18.5 Å². The van der Waals surface area contributed by atoms with Crippen molar-refractivity contribution in [3.63, 3.8) is 0 Å². The fourth-order valence-corrected chi connectivity index (χ4v) is 7.33. The molecule has 10 aromatic rings. The Bertz CT molecular complexity index is 3720.